The topological polar surface area (TPSA) is 90.3 Å². The van der Waals surface area contributed by atoms with Crippen molar-refractivity contribution in [3.8, 4) is 0 Å². The van der Waals surface area contributed by atoms with Crippen LogP contribution in [0.15, 0.2) is 27.4 Å². The van der Waals surface area contributed by atoms with Crippen molar-refractivity contribution in [1.29, 1.82) is 0 Å². The van der Waals surface area contributed by atoms with Crippen LogP contribution in [0.1, 0.15) is 32.1 Å². The molecule has 21 heavy (non-hydrogen) atoms. The molecule has 1 aliphatic rings. The number of amides is 1. The number of hydrogen-bond donors (Lipinski definition) is 2. The van der Waals surface area contributed by atoms with Crippen molar-refractivity contribution >= 4 is 22.7 Å². The Bertz CT molecular complexity index is 711. The Labute approximate surface area is 121 Å². The number of nitrogen functional groups attached to an aromatic ring is 1. The van der Waals surface area contributed by atoms with Crippen molar-refractivity contribution in [2.45, 2.75) is 44.7 Å². The molecule has 1 aromatic heterocycles. The molecule has 1 amide bonds. The van der Waals surface area contributed by atoms with Crippen LogP contribution < -0.4 is 16.8 Å². The van der Waals surface area contributed by atoms with E-state index in [1.165, 1.54) is 11.0 Å². The lowest BCUT2D eigenvalue weighted by Crippen LogP contribution is -2.39. The van der Waals surface area contributed by atoms with Gasteiger partial charge in [0.15, 0.2) is 5.58 Å². The van der Waals surface area contributed by atoms with Crippen molar-refractivity contribution in [2.75, 3.05) is 5.73 Å². The summed E-state index contributed by atoms with van der Waals surface area (Å²) < 4.78 is 6.46. The van der Waals surface area contributed by atoms with E-state index in [0.29, 0.717) is 16.8 Å². The number of carbonyl (C=O) groups is 1. The van der Waals surface area contributed by atoms with Crippen molar-refractivity contribution in [2.24, 2.45) is 0 Å². The van der Waals surface area contributed by atoms with Gasteiger partial charge >= 0.3 is 5.76 Å². The van der Waals surface area contributed by atoms with E-state index in [1.54, 1.807) is 18.2 Å². The summed E-state index contributed by atoms with van der Waals surface area (Å²) in [6.07, 6.45) is 5.57. The number of aromatic nitrogens is 1. The van der Waals surface area contributed by atoms with Gasteiger partial charge in [-0.3, -0.25) is 9.36 Å². The summed E-state index contributed by atoms with van der Waals surface area (Å²) in [7, 11) is 0. The molecule has 0 atom stereocenters. The van der Waals surface area contributed by atoms with E-state index in [-0.39, 0.29) is 18.5 Å². The Balaban J connectivity index is 1.76. The molecule has 2 aromatic rings. The molecular formula is C15H19N3O3. The van der Waals surface area contributed by atoms with E-state index in [4.69, 9.17) is 10.2 Å². The number of hydrogen-bond acceptors (Lipinski definition) is 4. The summed E-state index contributed by atoms with van der Waals surface area (Å²) in [4.78, 5) is 24.0. The van der Waals surface area contributed by atoms with Crippen LogP contribution >= 0.6 is 0 Å². The Morgan fingerprint density at radius 2 is 2.10 bits per heavy atom. The predicted molar refractivity (Wildman–Crippen MR) is 79.9 cm³/mol. The second-order valence-electron chi connectivity index (χ2n) is 5.58. The predicted octanol–water partition coefficient (Wildman–Crippen LogP) is 1.63. The highest BCUT2D eigenvalue weighted by molar-refractivity contribution is 5.81. The molecule has 1 saturated carbocycles. The molecule has 3 rings (SSSR count). The highest BCUT2D eigenvalue weighted by atomic mass is 16.4. The van der Waals surface area contributed by atoms with Crippen molar-refractivity contribution < 1.29 is 9.21 Å². The average Bonchev–Trinajstić information content (AvgIpc) is 2.75. The minimum Gasteiger partial charge on any atom is -0.408 e. The van der Waals surface area contributed by atoms with Crippen LogP contribution in [0.5, 0.6) is 0 Å². The quantitative estimate of drug-likeness (QED) is 0.840. The maximum absolute atomic E-state index is 12.1. The van der Waals surface area contributed by atoms with E-state index < -0.39 is 5.76 Å². The first-order valence-electron chi connectivity index (χ1n) is 7.32. The summed E-state index contributed by atoms with van der Waals surface area (Å²) in [5, 5.41) is 3.00. The molecule has 1 aromatic carbocycles. The maximum Gasteiger partial charge on any atom is 0.420 e. The van der Waals surface area contributed by atoms with Crippen molar-refractivity contribution in [1.82, 2.24) is 9.88 Å². The summed E-state index contributed by atoms with van der Waals surface area (Å²) in [5.41, 5.74) is 7.18. The lowest BCUT2D eigenvalue weighted by atomic mass is 9.95. The molecule has 6 nitrogen and oxygen atoms in total. The van der Waals surface area contributed by atoms with Crippen molar-refractivity contribution in [3.63, 3.8) is 0 Å². The minimum atomic E-state index is -0.533. The molecule has 0 aliphatic heterocycles. The van der Waals surface area contributed by atoms with E-state index >= 15 is 0 Å². The second-order valence-corrected chi connectivity index (χ2v) is 5.58. The third kappa shape index (κ3) is 2.94. The van der Waals surface area contributed by atoms with E-state index in [1.807, 2.05) is 0 Å². The first-order valence-corrected chi connectivity index (χ1v) is 7.32. The van der Waals surface area contributed by atoms with Crippen LogP contribution in [0.3, 0.4) is 0 Å². The number of nitrogens with two attached hydrogens (primary N) is 1. The Kier molecular flexibility index (Phi) is 3.68. The Hall–Kier alpha value is -2.24. The molecule has 1 heterocycles. The molecule has 0 radical (unpaired) electrons. The molecule has 6 heteroatoms. The number of oxazole rings is 1. The standard InChI is InChI=1S/C15H19N3O3/c16-10-6-7-12-13(8-10)21-15(20)18(12)9-14(19)17-11-4-2-1-3-5-11/h6-8,11H,1-5,9,16H2,(H,17,19). The fourth-order valence-corrected chi connectivity index (χ4v) is 2.90. The molecule has 0 bridgehead atoms. The van der Waals surface area contributed by atoms with Gasteiger partial charge in [0, 0.05) is 17.8 Å². The SMILES string of the molecule is Nc1ccc2c(c1)oc(=O)n2CC(=O)NC1CCCCC1. The largest absolute Gasteiger partial charge is 0.420 e. The maximum atomic E-state index is 12.1. The number of benzene rings is 1. The highest BCUT2D eigenvalue weighted by Gasteiger charge is 2.18. The normalized spacial score (nSPS) is 16.2. The van der Waals surface area contributed by atoms with Gasteiger partial charge in [-0.25, -0.2) is 4.79 Å². The zero-order valence-electron chi connectivity index (χ0n) is 11.8. The van der Waals surface area contributed by atoms with Gasteiger partial charge in [-0.2, -0.15) is 0 Å². The molecule has 112 valence electrons. The number of rotatable bonds is 3. The van der Waals surface area contributed by atoms with Gasteiger partial charge < -0.3 is 15.5 Å². The zero-order valence-corrected chi connectivity index (χ0v) is 11.8. The first-order chi connectivity index (χ1) is 10.1. The van der Waals surface area contributed by atoms with Gasteiger partial charge in [0.25, 0.3) is 0 Å². The minimum absolute atomic E-state index is 0.0216. The molecule has 0 spiro atoms. The fourth-order valence-electron chi connectivity index (χ4n) is 2.90. The van der Waals surface area contributed by atoms with Gasteiger partial charge in [-0.1, -0.05) is 19.3 Å². The lowest BCUT2D eigenvalue weighted by molar-refractivity contribution is -0.122. The van der Waals surface area contributed by atoms with Crippen LogP contribution in [0, 0.1) is 0 Å². The van der Waals surface area contributed by atoms with Gasteiger partial charge in [-0.05, 0) is 25.0 Å². The van der Waals surface area contributed by atoms with E-state index in [2.05, 4.69) is 5.32 Å². The fraction of sp³-hybridized carbons (Fsp3) is 0.467. The number of nitrogens with zero attached hydrogens (tertiary/aromatic N) is 1. The third-order valence-electron chi connectivity index (χ3n) is 3.96. The lowest BCUT2D eigenvalue weighted by Gasteiger charge is -2.22. The number of nitrogens with one attached hydrogen (secondary N) is 1. The van der Waals surface area contributed by atoms with Crippen molar-refractivity contribution in [3.05, 3.63) is 28.7 Å². The summed E-state index contributed by atoms with van der Waals surface area (Å²) in [5.74, 6) is -0.682. The zero-order chi connectivity index (χ0) is 14.8. The van der Waals surface area contributed by atoms with Crippen LogP contribution in [-0.4, -0.2) is 16.5 Å². The summed E-state index contributed by atoms with van der Waals surface area (Å²) in [6, 6.07) is 5.21. The molecule has 1 aliphatic carbocycles. The molecule has 0 unspecified atom stereocenters. The average molecular weight is 289 g/mol. The second kappa shape index (κ2) is 5.63. The Morgan fingerprint density at radius 1 is 1.33 bits per heavy atom. The monoisotopic (exact) mass is 289 g/mol. The number of anilines is 1. The first kappa shape index (κ1) is 13.7. The number of carbonyl (C=O) groups excluding carboxylic acids is 1. The molecule has 0 saturated heterocycles. The molecular weight excluding hydrogens is 270 g/mol. The number of fused-ring (bicyclic) bond motifs is 1. The Morgan fingerprint density at radius 3 is 2.86 bits per heavy atom. The third-order valence-corrected chi connectivity index (χ3v) is 3.96. The summed E-state index contributed by atoms with van der Waals surface area (Å²) >= 11 is 0. The molecule has 3 N–H and O–H groups in total. The smallest absolute Gasteiger partial charge is 0.408 e. The van der Waals surface area contributed by atoms with Gasteiger partial charge in [0.1, 0.15) is 6.54 Å². The van der Waals surface area contributed by atoms with Gasteiger partial charge in [0.2, 0.25) is 5.91 Å². The van der Waals surface area contributed by atoms with Crippen LogP contribution in [0.2, 0.25) is 0 Å². The highest BCUT2D eigenvalue weighted by Crippen LogP contribution is 2.18. The van der Waals surface area contributed by atoms with Gasteiger partial charge in [0.05, 0.1) is 5.52 Å². The van der Waals surface area contributed by atoms with Crippen LogP contribution in [0.25, 0.3) is 11.1 Å². The molecule has 1 fully saturated rings. The van der Waals surface area contributed by atoms with E-state index in [0.717, 1.165) is 25.7 Å². The van der Waals surface area contributed by atoms with E-state index in [9.17, 15) is 9.59 Å². The van der Waals surface area contributed by atoms with Crippen LogP contribution in [-0.2, 0) is 11.3 Å². The summed E-state index contributed by atoms with van der Waals surface area (Å²) in [6.45, 7) is -0.0216. The van der Waals surface area contributed by atoms with Gasteiger partial charge in [-0.15, -0.1) is 0 Å². The van der Waals surface area contributed by atoms with Crippen LogP contribution in [0.4, 0.5) is 5.69 Å².